The summed E-state index contributed by atoms with van der Waals surface area (Å²) in [5.41, 5.74) is 7.75. The SMILES string of the molecule is Cc1cc(F)cc(N(c2ccncc2C)c2cc(N(c3cc(F)cc(F)c3)c3ccncc3C)c3ccc4c(N(c5cc(F)cc(F)c5)c5ccncc5C)cc(N(c5cc(F)cc(F)c5)c5ccncc5C)c5ccc2c3c54)c1. The topological polar surface area (TPSA) is 64.5 Å². The molecule has 4 aromatic heterocycles. The number of benzene rings is 8. The van der Waals surface area contributed by atoms with Crippen molar-refractivity contribution in [2.75, 3.05) is 19.6 Å². The number of rotatable bonds is 12. The molecule has 0 atom stereocenters. The zero-order valence-corrected chi connectivity index (χ0v) is 43.5. The summed E-state index contributed by atoms with van der Waals surface area (Å²) in [7, 11) is 0. The van der Waals surface area contributed by atoms with Gasteiger partial charge in [0, 0.05) is 106 Å². The third kappa shape index (κ3) is 9.05. The third-order valence-corrected chi connectivity index (χ3v) is 14.3. The Hall–Kier alpha value is -9.89. The Morgan fingerprint density at radius 1 is 0.263 bits per heavy atom. The van der Waals surface area contributed by atoms with Gasteiger partial charge < -0.3 is 19.6 Å². The average molecular weight is 1070 g/mol. The molecule has 0 N–H and O–H groups in total. The lowest BCUT2D eigenvalue weighted by atomic mass is 9.89. The highest BCUT2D eigenvalue weighted by molar-refractivity contribution is 6.33. The van der Waals surface area contributed by atoms with Gasteiger partial charge in [-0.2, -0.15) is 0 Å². The normalized spacial score (nSPS) is 11.5. The van der Waals surface area contributed by atoms with E-state index < -0.39 is 40.7 Å². The highest BCUT2D eigenvalue weighted by atomic mass is 19.2. The number of aryl methyl sites for hydroxylation is 5. The van der Waals surface area contributed by atoms with Crippen LogP contribution in [-0.2, 0) is 0 Å². The predicted octanol–water partition coefficient (Wildman–Crippen LogP) is 18.6. The summed E-state index contributed by atoms with van der Waals surface area (Å²) in [5.74, 6) is -5.60. The van der Waals surface area contributed by atoms with Gasteiger partial charge in [-0.25, -0.2) is 30.7 Å². The maximum atomic E-state index is 16.1. The molecule has 4 heterocycles. The predicted molar refractivity (Wildman–Crippen MR) is 303 cm³/mol. The monoisotopic (exact) mass is 1070 g/mol. The number of hydrogen-bond donors (Lipinski definition) is 0. The Morgan fingerprint density at radius 2 is 0.500 bits per heavy atom. The molecule has 12 rings (SSSR count). The van der Waals surface area contributed by atoms with Gasteiger partial charge in [-0.15, -0.1) is 0 Å². The van der Waals surface area contributed by atoms with Gasteiger partial charge in [0.05, 0.1) is 62.6 Å². The Kier molecular flexibility index (Phi) is 12.8. The van der Waals surface area contributed by atoms with E-state index in [1.165, 1.54) is 48.5 Å². The van der Waals surface area contributed by atoms with Crippen molar-refractivity contribution in [3.05, 3.63) is 252 Å². The van der Waals surface area contributed by atoms with Crippen molar-refractivity contribution in [1.29, 1.82) is 0 Å². The zero-order valence-electron chi connectivity index (χ0n) is 43.5. The standard InChI is InChI=1S/C65H45F7N8/c1-36-18-41(66)23-48(19-36)77(56-10-14-73-32-37(56)2)60-30-61(78(57-11-15-74-33-38(57)3)49-24-42(67)20-43(68)25-49)53-8-9-55-63(80(59-13-17-76-35-40(59)5)51-28-46(71)22-47(72)29-51)31-62(54-7-6-52(60)64(53)65(54)55)79(58-12-16-75-34-39(58)4)50-26-44(69)21-45(70)27-50/h6-35H,1-5H3. The van der Waals surface area contributed by atoms with E-state index in [0.29, 0.717) is 106 Å². The molecule has 0 unspecified atom stereocenters. The van der Waals surface area contributed by atoms with Crippen LogP contribution in [0.2, 0.25) is 0 Å². The zero-order chi connectivity index (χ0) is 55.7. The van der Waals surface area contributed by atoms with Gasteiger partial charge in [0.15, 0.2) is 0 Å². The average Bonchev–Trinajstić information content (AvgIpc) is 3.60. The fourth-order valence-electron chi connectivity index (χ4n) is 11.0. The lowest BCUT2D eigenvalue weighted by Gasteiger charge is -2.35. The molecular formula is C65H45F7N8. The summed E-state index contributed by atoms with van der Waals surface area (Å²) in [6.45, 7) is 9.14. The first-order valence-electron chi connectivity index (χ1n) is 25.4. The van der Waals surface area contributed by atoms with E-state index in [2.05, 4.69) is 19.9 Å². The largest absolute Gasteiger partial charge is 0.309 e. The van der Waals surface area contributed by atoms with Gasteiger partial charge in [0.25, 0.3) is 0 Å². The second-order valence-corrected chi connectivity index (χ2v) is 19.8. The molecule has 0 fully saturated rings. The van der Waals surface area contributed by atoms with Crippen molar-refractivity contribution >= 4 is 101 Å². The molecule has 8 aromatic carbocycles. The van der Waals surface area contributed by atoms with Crippen molar-refractivity contribution in [3.8, 4) is 0 Å². The highest BCUT2D eigenvalue weighted by Gasteiger charge is 2.31. The number of hydrogen-bond acceptors (Lipinski definition) is 8. The van der Waals surface area contributed by atoms with Gasteiger partial charge in [-0.05, 0) is 153 Å². The second-order valence-electron chi connectivity index (χ2n) is 19.8. The van der Waals surface area contributed by atoms with Crippen LogP contribution >= 0.6 is 0 Å². The van der Waals surface area contributed by atoms with E-state index in [1.807, 2.05) is 81.1 Å². The molecule has 0 aliphatic rings. The van der Waals surface area contributed by atoms with E-state index in [-0.39, 0.29) is 17.1 Å². The second kappa shape index (κ2) is 20.2. The molecule has 0 radical (unpaired) electrons. The molecule has 8 nitrogen and oxygen atoms in total. The molecule has 0 saturated heterocycles. The van der Waals surface area contributed by atoms with Crippen LogP contribution in [0, 0.1) is 75.3 Å². The van der Waals surface area contributed by atoms with Crippen LogP contribution in [0.4, 0.5) is 99.0 Å². The molecule has 0 amide bonds. The Bertz CT molecular complexity index is 3790. The van der Waals surface area contributed by atoms with Crippen molar-refractivity contribution in [2.45, 2.75) is 34.6 Å². The quantitative estimate of drug-likeness (QED) is 0.0886. The van der Waals surface area contributed by atoms with Gasteiger partial charge in [0.2, 0.25) is 0 Å². The first-order valence-corrected chi connectivity index (χ1v) is 25.4. The lowest BCUT2D eigenvalue weighted by molar-refractivity contribution is 0.583. The van der Waals surface area contributed by atoms with Gasteiger partial charge in [0.1, 0.15) is 40.7 Å². The first-order chi connectivity index (χ1) is 38.6. The summed E-state index contributed by atoms with van der Waals surface area (Å²) >= 11 is 0. The van der Waals surface area contributed by atoms with Gasteiger partial charge in [-0.1, -0.05) is 24.3 Å². The maximum Gasteiger partial charge on any atom is 0.128 e. The third-order valence-electron chi connectivity index (χ3n) is 14.3. The minimum absolute atomic E-state index is 0.0934. The van der Waals surface area contributed by atoms with E-state index in [1.54, 1.807) is 89.4 Å². The maximum absolute atomic E-state index is 16.1. The molecule has 0 spiro atoms. The minimum Gasteiger partial charge on any atom is -0.309 e. The fraction of sp³-hybridized carbons (Fsp3) is 0.0769. The molecule has 0 aliphatic carbocycles. The lowest BCUT2D eigenvalue weighted by Crippen LogP contribution is -2.17. The van der Waals surface area contributed by atoms with Crippen molar-refractivity contribution in [1.82, 2.24) is 19.9 Å². The molecule has 0 saturated carbocycles. The molecule has 12 aromatic rings. The van der Waals surface area contributed by atoms with Crippen LogP contribution in [0.25, 0.3) is 32.3 Å². The van der Waals surface area contributed by atoms with Crippen LogP contribution in [0.15, 0.2) is 183 Å². The number of pyridine rings is 4. The van der Waals surface area contributed by atoms with Gasteiger partial charge >= 0.3 is 0 Å². The summed E-state index contributed by atoms with van der Waals surface area (Å²) in [4.78, 5) is 24.6. The number of nitrogens with zero attached hydrogens (tertiary/aromatic N) is 8. The van der Waals surface area contributed by atoms with E-state index in [4.69, 9.17) is 0 Å². The molecule has 0 aliphatic heterocycles. The molecule has 0 bridgehead atoms. The summed E-state index contributed by atoms with van der Waals surface area (Å²) < 4.78 is 111. The van der Waals surface area contributed by atoms with Crippen LogP contribution in [0.1, 0.15) is 27.8 Å². The number of anilines is 12. The van der Waals surface area contributed by atoms with E-state index >= 15 is 30.7 Å². The Labute approximate surface area is 455 Å². The van der Waals surface area contributed by atoms with Crippen LogP contribution in [-0.4, -0.2) is 19.9 Å². The smallest absolute Gasteiger partial charge is 0.128 e. The minimum atomic E-state index is -0.854. The highest BCUT2D eigenvalue weighted by Crippen LogP contribution is 2.56. The Balaban J connectivity index is 1.34. The number of halogens is 7. The van der Waals surface area contributed by atoms with Crippen LogP contribution < -0.4 is 19.6 Å². The van der Waals surface area contributed by atoms with E-state index in [0.717, 1.165) is 23.8 Å². The summed E-state index contributed by atoms with van der Waals surface area (Å²) in [5, 5.41) is 3.36. The first kappa shape index (κ1) is 50.9. The molecule has 394 valence electrons. The number of aromatic nitrogens is 4. The van der Waals surface area contributed by atoms with Crippen LogP contribution in [0.3, 0.4) is 0 Å². The van der Waals surface area contributed by atoms with Crippen molar-refractivity contribution in [3.63, 3.8) is 0 Å². The molecule has 15 heteroatoms. The summed E-state index contributed by atoms with van der Waals surface area (Å²) in [6, 6.07) is 32.7. The van der Waals surface area contributed by atoms with Gasteiger partial charge in [-0.3, -0.25) is 19.9 Å². The molecule has 80 heavy (non-hydrogen) atoms. The molecular weight excluding hydrogens is 1030 g/mol. The van der Waals surface area contributed by atoms with Crippen molar-refractivity contribution < 1.29 is 30.7 Å². The fourth-order valence-corrected chi connectivity index (χ4v) is 11.0. The Morgan fingerprint density at radius 3 is 0.738 bits per heavy atom. The van der Waals surface area contributed by atoms with Crippen molar-refractivity contribution in [2.24, 2.45) is 0 Å². The van der Waals surface area contributed by atoms with E-state index in [9.17, 15) is 0 Å². The van der Waals surface area contributed by atoms with Crippen LogP contribution in [0.5, 0.6) is 0 Å². The summed E-state index contributed by atoms with van der Waals surface area (Å²) in [6.07, 6.45) is 12.9.